The Morgan fingerprint density at radius 2 is 0.718 bits per heavy atom. The summed E-state index contributed by atoms with van der Waals surface area (Å²) in [7, 11) is 0. The summed E-state index contributed by atoms with van der Waals surface area (Å²) in [5.74, 6) is -2.29. The van der Waals surface area contributed by atoms with Gasteiger partial charge < -0.3 is 42.6 Å². The Balaban J connectivity index is 4.71. The first-order valence-corrected chi connectivity index (χ1v) is 12.0. The maximum atomic E-state index is 11.2. The number of hydrogen-bond acceptors (Lipinski definition) is 13. The maximum Gasteiger partial charge on any atom is 0.330 e. The molecule has 0 aliphatic heterocycles. The highest BCUT2D eigenvalue weighted by Crippen LogP contribution is 2.01. The molecule has 220 valence electrons. The molecular formula is C26H38O13. The van der Waals surface area contributed by atoms with Crippen LogP contribution in [0, 0.1) is 0 Å². The largest absolute Gasteiger partial charge is 0.460 e. The zero-order valence-electron chi connectivity index (χ0n) is 22.1. The molecule has 2 atom stereocenters. The van der Waals surface area contributed by atoms with Crippen LogP contribution in [-0.4, -0.2) is 115 Å². The predicted octanol–water partition coefficient (Wildman–Crippen LogP) is 0.723. The van der Waals surface area contributed by atoms with E-state index in [-0.39, 0.29) is 79.3 Å². The van der Waals surface area contributed by atoms with E-state index in [2.05, 4.69) is 26.3 Å². The highest BCUT2D eigenvalue weighted by Gasteiger charge is 2.15. The maximum absolute atomic E-state index is 11.2. The van der Waals surface area contributed by atoms with Gasteiger partial charge in [-0.3, -0.25) is 0 Å². The summed E-state index contributed by atoms with van der Waals surface area (Å²) in [6, 6.07) is 0. The van der Waals surface area contributed by atoms with Crippen LogP contribution in [0.25, 0.3) is 0 Å². The first-order chi connectivity index (χ1) is 18.9. The lowest BCUT2D eigenvalue weighted by atomic mass is 10.3. The van der Waals surface area contributed by atoms with Crippen molar-refractivity contribution in [3.63, 3.8) is 0 Å². The van der Waals surface area contributed by atoms with Crippen LogP contribution in [0.2, 0.25) is 0 Å². The first-order valence-electron chi connectivity index (χ1n) is 12.0. The van der Waals surface area contributed by atoms with Crippen molar-refractivity contribution in [2.75, 3.05) is 79.3 Å². The van der Waals surface area contributed by atoms with Gasteiger partial charge >= 0.3 is 23.9 Å². The third-order valence-electron chi connectivity index (χ3n) is 4.19. The van der Waals surface area contributed by atoms with Crippen molar-refractivity contribution in [1.29, 1.82) is 0 Å². The van der Waals surface area contributed by atoms with E-state index in [0.29, 0.717) is 0 Å². The lowest BCUT2D eigenvalue weighted by Gasteiger charge is -2.21. The van der Waals surface area contributed by atoms with E-state index >= 15 is 0 Å². The third kappa shape index (κ3) is 22.3. The molecule has 0 rings (SSSR count). The van der Waals surface area contributed by atoms with Crippen LogP contribution in [0.5, 0.6) is 0 Å². The molecule has 0 bridgehead atoms. The highest BCUT2D eigenvalue weighted by molar-refractivity contribution is 5.82. The van der Waals surface area contributed by atoms with Crippen molar-refractivity contribution >= 4 is 23.9 Å². The molecule has 0 aliphatic carbocycles. The van der Waals surface area contributed by atoms with Crippen molar-refractivity contribution in [2.45, 2.75) is 12.2 Å². The fraction of sp³-hybridized carbons (Fsp3) is 0.538. The smallest absolute Gasteiger partial charge is 0.330 e. The van der Waals surface area contributed by atoms with Gasteiger partial charge in [-0.1, -0.05) is 26.3 Å². The van der Waals surface area contributed by atoms with Crippen LogP contribution in [0.3, 0.4) is 0 Å². The molecule has 0 aromatic rings. The summed E-state index contributed by atoms with van der Waals surface area (Å²) in [5.41, 5.74) is 0. The molecule has 0 aromatic carbocycles. The molecule has 0 saturated carbocycles. The van der Waals surface area contributed by atoms with Gasteiger partial charge in [0.15, 0.2) is 0 Å². The van der Waals surface area contributed by atoms with Gasteiger partial charge in [-0.25, -0.2) is 19.2 Å². The van der Waals surface area contributed by atoms with E-state index in [1.807, 2.05) is 0 Å². The number of carbonyl (C=O) groups excluding carboxylic acids is 4. The lowest BCUT2D eigenvalue weighted by Crippen LogP contribution is -2.33. The Bertz CT molecular complexity index is 703. The van der Waals surface area contributed by atoms with E-state index in [1.165, 1.54) is 0 Å². The number of ether oxygens (including phenoxy) is 9. The second kappa shape index (κ2) is 24.9. The summed E-state index contributed by atoms with van der Waals surface area (Å²) >= 11 is 0. The Hall–Kier alpha value is -3.36. The summed E-state index contributed by atoms with van der Waals surface area (Å²) in [6.45, 7) is 14.0. The molecule has 0 heterocycles. The Morgan fingerprint density at radius 1 is 0.436 bits per heavy atom. The second-order valence-corrected chi connectivity index (χ2v) is 7.16. The number of hydrogen-bond donors (Lipinski definition) is 0. The van der Waals surface area contributed by atoms with Crippen molar-refractivity contribution in [3.8, 4) is 0 Å². The van der Waals surface area contributed by atoms with Gasteiger partial charge in [0.2, 0.25) is 0 Å². The molecule has 0 aromatic heterocycles. The first kappa shape index (κ1) is 35.6. The Morgan fingerprint density at radius 3 is 1.03 bits per heavy atom. The molecule has 0 amide bonds. The van der Waals surface area contributed by atoms with Crippen molar-refractivity contribution in [1.82, 2.24) is 0 Å². The minimum atomic E-state index is -0.579. The zero-order chi connectivity index (χ0) is 29.1. The van der Waals surface area contributed by atoms with Gasteiger partial charge in [0.1, 0.15) is 38.6 Å². The van der Waals surface area contributed by atoms with E-state index in [9.17, 15) is 19.2 Å². The minimum Gasteiger partial charge on any atom is -0.460 e. The van der Waals surface area contributed by atoms with Gasteiger partial charge in [0, 0.05) is 24.3 Å². The quantitative estimate of drug-likeness (QED) is 0.0635. The molecular weight excluding hydrogens is 520 g/mol. The summed E-state index contributed by atoms with van der Waals surface area (Å²) in [5, 5.41) is 0. The van der Waals surface area contributed by atoms with E-state index in [4.69, 9.17) is 42.6 Å². The van der Waals surface area contributed by atoms with E-state index in [1.54, 1.807) is 0 Å². The average Bonchev–Trinajstić information content (AvgIpc) is 2.95. The summed E-state index contributed by atoms with van der Waals surface area (Å²) in [6.07, 6.45) is 3.05. The van der Waals surface area contributed by atoms with Crippen LogP contribution < -0.4 is 0 Å². The number of esters is 4. The van der Waals surface area contributed by atoms with E-state index in [0.717, 1.165) is 24.3 Å². The number of carbonyl (C=O) groups is 4. The highest BCUT2D eigenvalue weighted by atomic mass is 16.6. The van der Waals surface area contributed by atoms with Crippen molar-refractivity contribution < 1.29 is 61.8 Å². The SMILES string of the molecule is C=CC(=O)OCCOCC(COCC(COCCOC(=O)C=C)OCCOC(=O)C=C)OCCOC(=O)C=C. The molecule has 2 unspecified atom stereocenters. The second-order valence-electron chi connectivity index (χ2n) is 7.16. The van der Waals surface area contributed by atoms with Crippen LogP contribution >= 0.6 is 0 Å². The van der Waals surface area contributed by atoms with Gasteiger partial charge in [0.05, 0.1) is 52.9 Å². The molecule has 39 heavy (non-hydrogen) atoms. The molecule has 0 N–H and O–H groups in total. The minimum absolute atomic E-state index is 0.00225. The third-order valence-corrected chi connectivity index (χ3v) is 4.19. The average molecular weight is 559 g/mol. The van der Waals surface area contributed by atoms with Crippen molar-refractivity contribution in [3.05, 3.63) is 50.6 Å². The van der Waals surface area contributed by atoms with Crippen molar-refractivity contribution in [2.24, 2.45) is 0 Å². The standard InChI is InChI=1S/C26H38O13/c1-5-23(27)36-11-9-31-17-21(34-13-15-38-25(29)7-3)19-33-20-22(35-14-16-39-26(30)8-4)18-32-10-12-37-24(28)6-2/h5-8,21-22H,1-4,9-20H2. The summed E-state index contributed by atoms with van der Waals surface area (Å²) < 4.78 is 47.5. The van der Waals surface area contributed by atoms with Gasteiger partial charge in [-0.15, -0.1) is 0 Å². The predicted molar refractivity (Wildman–Crippen MR) is 137 cm³/mol. The topological polar surface area (TPSA) is 151 Å². The lowest BCUT2D eigenvalue weighted by molar-refractivity contribution is -0.145. The fourth-order valence-electron chi connectivity index (χ4n) is 2.40. The number of rotatable bonds is 26. The van der Waals surface area contributed by atoms with Crippen LogP contribution in [0.4, 0.5) is 0 Å². The van der Waals surface area contributed by atoms with Gasteiger partial charge in [-0.05, 0) is 0 Å². The van der Waals surface area contributed by atoms with Crippen LogP contribution in [0.1, 0.15) is 0 Å². The summed E-state index contributed by atoms with van der Waals surface area (Å²) in [4.78, 5) is 44.6. The van der Waals surface area contributed by atoms with Crippen LogP contribution in [0.15, 0.2) is 50.6 Å². The van der Waals surface area contributed by atoms with Crippen LogP contribution in [-0.2, 0) is 61.8 Å². The monoisotopic (exact) mass is 558 g/mol. The fourth-order valence-corrected chi connectivity index (χ4v) is 2.40. The van der Waals surface area contributed by atoms with Gasteiger partial charge in [0.25, 0.3) is 0 Å². The molecule has 0 saturated heterocycles. The molecule has 13 heteroatoms. The van der Waals surface area contributed by atoms with E-state index < -0.39 is 36.1 Å². The zero-order valence-corrected chi connectivity index (χ0v) is 22.1. The molecule has 0 fully saturated rings. The molecule has 0 aliphatic rings. The molecule has 13 nitrogen and oxygen atoms in total. The Labute approximate surface area is 228 Å². The molecule has 0 spiro atoms. The molecule has 0 radical (unpaired) electrons. The Kier molecular flexibility index (Phi) is 22.8. The normalized spacial score (nSPS) is 11.9. The van der Waals surface area contributed by atoms with Gasteiger partial charge in [-0.2, -0.15) is 0 Å².